The molecule has 0 spiro atoms. The first kappa shape index (κ1) is 15.8. The summed E-state index contributed by atoms with van der Waals surface area (Å²) < 4.78 is 19.7. The Labute approximate surface area is 114 Å². The largest absolute Gasteiger partial charge is 0.368 e. The molecule has 1 rings (SSSR count). The summed E-state index contributed by atoms with van der Waals surface area (Å²) in [5.41, 5.74) is -0.224. The predicted octanol–water partition coefficient (Wildman–Crippen LogP) is 3.41. The van der Waals surface area contributed by atoms with E-state index in [1.54, 1.807) is 6.92 Å². The Balaban J connectivity index is 3.17. The fourth-order valence-corrected chi connectivity index (χ4v) is 1.80. The van der Waals surface area contributed by atoms with E-state index >= 15 is 0 Å². The minimum Gasteiger partial charge on any atom is -0.368 e. The van der Waals surface area contributed by atoms with E-state index in [-0.39, 0.29) is 11.6 Å². The summed E-state index contributed by atoms with van der Waals surface area (Å²) in [5.74, 6) is 0.422. The van der Waals surface area contributed by atoms with E-state index in [0.29, 0.717) is 24.7 Å². The molecule has 0 aliphatic rings. The molecule has 1 unspecified atom stereocenters. The molecule has 19 heavy (non-hydrogen) atoms. The Morgan fingerprint density at radius 3 is 2.47 bits per heavy atom. The Bertz CT molecular complexity index is 425. The highest BCUT2D eigenvalue weighted by atomic mass is 19.1. The Kier molecular flexibility index (Phi) is 5.66. The molecule has 0 saturated carbocycles. The van der Waals surface area contributed by atoms with Gasteiger partial charge in [0.1, 0.15) is 5.60 Å². The second-order valence-corrected chi connectivity index (χ2v) is 4.74. The van der Waals surface area contributed by atoms with Crippen molar-refractivity contribution in [2.24, 2.45) is 0 Å². The van der Waals surface area contributed by atoms with Gasteiger partial charge in [-0.05, 0) is 33.6 Å². The topological polar surface area (TPSA) is 47.0 Å². The first-order chi connectivity index (χ1) is 8.98. The van der Waals surface area contributed by atoms with E-state index in [4.69, 9.17) is 4.74 Å². The van der Waals surface area contributed by atoms with Gasteiger partial charge in [0.2, 0.25) is 0 Å². The predicted molar refractivity (Wildman–Crippen MR) is 74.8 cm³/mol. The lowest BCUT2D eigenvalue weighted by Crippen LogP contribution is -2.29. The Morgan fingerprint density at radius 2 is 1.95 bits per heavy atom. The zero-order valence-corrected chi connectivity index (χ0v) is 12.5. The number of ether oxygens (including phenoxy) is 1. The van der Waals surface area contributed by atoms with E-state index < -0.39 is 5.60 Å². The summed E-state index contributed by atoms with van der Waals surface area (Å²) in [4.78, 5) is 8.56. The second-order valence-electron chi connectivity index (χ2n) is 4.74. The SMILES string of the molecule is CCCNc1nc(C(C)(CC)OCC)nc(C)c1F. The number of anilines is 1. The van der Waals surface area contributed by atoms with Crippen molar-refractivity contribution >= 4 is 5.82 Å². The maximum atomic E-state index is 14.0. The van der Waals surface area contributed by atoms with Gasteiger partial charge in [0.15, 0.2) is 17.5 Å². The van der Waals surface area contributed by atoms with Crippen molar-refractivity contribution in [3.8, 4) is 0 Å². The summed E-state index contributed by atoms with van der Waals surface area (Å²) in [6.07, 6.45) is 1.65. The van der Waals surface area contributed by atoms with Crippen LogP contribution in [0.4, 0.5) is 10.2 Å². The van der Waals surface area contributed by atoms with E-state index in [1.165, 1.54) is 0 Å². The molecule has 0 amide bonds. The van der Waals surface area contributed by atoms with Gasteiger partial charge in [0.25, 0.3) is 0 Å². The zero-order valence-electron chi connectivity index (χ0n) is 12.5. The molecule has 0 fully saturated rings. The van der Waals surface area contributed by atoms with Gasteiger partial charge in [0.05, 0.1) is 5.69 Å². The molecule has 0 radical (unpaired) electrons. The fourth-order valence-electron chi connectivity index (χ4n) is 1.80. The summed E-state index contributed by atoms with van der Waals surface area (Å²) in [6.45, 7) is 10.8. The maximum Gasteiger partial charge on any atom is 0.186 e. The van der Waals surface area contributed by atoms with E-state index in [1.807, 2.05) is 27.7 Å². The summed E-state index contributed by atoms with van der Waals surface area (Å²) in [7, 11) is 0. The quantitative estimate of drug-likeness (QED) is 0.824. The van der Waals surface area contributed by atoms with Crippen LogP contribution in [0, 0.1) is 12.7 Å². The molecule has 1 aromatic rings. The molecule has 0 saturated heterocycles. The van der Waals surface area contributed by atoms with Gasteiger partial charge in [0, 0.05) is 13.2 Å². The minimum atomic E-state index is -0.574. The minimum absolute atomic E-state index is 0.267. The number of halogens is 1. The number of hydrogen-bond acceptors (Lipinski definition) is 4. The van der Waals surface area contributed by atoms with Crippen LogP contribution in [0.1, 0.15) is 52.1 Å². The molecule has 1 aromatic heterocycles. The Morgan fingerprint density at radius 1 is 1.26 bits per heavy atom. The molecule has 4 nitrogen and oxygen atoms in total. The highest BCUT2D eigenvalue weighted by Gasteiger charge is 2.30. The van der Waals surface area contributed by atoms with Crippen LogP contribution in [0.2, 0.25) is 0 Å². The van der Waals surface area contributed by atoms with Crippen LogP contribution in [-0.2, 0) is 10.3 Å². The van der Waals surface area contributed by atoms with Gasteiger partial charge in [-0.15, -0.1) is 0 Å². The number of aryl methyl sites for hydroxylation is 1. The van der Waals surface area contributed by atoms with Gasteiger partial charge >= 0.3 is 0 Å². The average Bonchev–Trinajstić information content (AvgIpc) is 2.40. The van der Waals surface area contributed by atoms with Crippen molar-refractivity contribution in [2.75, 3.05) is 18.5 Å². The normalized spacial score (nSPS) is 14.2. The molecular formula is C14H24FN3O. The molecule has 0 bridgehead atoms. The number of rotatable bonds is 7. The third-order valence-electron chi connectivity index (χ3n) is 3.17. The molecular weight excluding hydrogens is 245 g/mol. The van der Waals surface area contributed by atoms with E-state index in [2.05, 4.69) is 15.3 Å². The van der Waals surface area contributed by atoms with E-state index in [0.717, 1.165) is 12.8 Å². The summed E-state index contributed by atoms with van der Waals surface area (Å²) >= 11 is 0. The lowest BCUT2D eigenvalue weighted by molar-refractivity contribution is -0.0391. The molecule has 1 heterocycles. The van der Waals surface area contributed by atoms with Crippen molar-refractivity contribution in [3.05, 3.63) is 17.3 Å². The summed E-state index contributed by atoms with van der Waals surface area (Å²) in [6, 6.07) is 0. The molecule has 1 atom stereocenters. The maximum absolute atomic E-state index is 14.0. The van der Waals surface area contributed by atoms with Gasteiger partial charge in [-0.3, -0.25) is 0 Å². The Hall–Kier alpha value is -1.23. The van der Waals surface area contributed by atoms with Gasteiger partial charge in [-0.2, -0.15) is 0 Å². The van der Waals surface area contributed by atoms with Crippen molar-refractivity contribution < 1.29 is 9.13 Å². The average molecular weight is 269 g/mol. The third kappa shape index (κ3) is 3.62. The number of nitrogens with zero attached hydrogens (tertiary/aromatic N) is 2. The molecule has 5 heteroatoms. The first-order valence-corrected chi connectivity index (χ1v) is 6.90. The van der Waals surface area contributed by atoms with Crippen LogP contribution in [0.3, 0.4) is 0 Å². The smallest absolute Gasteiger partial charge is 0.186 e. The first-order valence-electron chi connectivity index (χ1n) is 6.90. The fraction of sp³-hybridized carbons (Fsp3) is 0.714. The van der Waals surface area contributed by atoms with Crippen LogP contribution in [0.25, 0.3) is 0 Å². The highest BCUT2D eigenvalue weighted by molar-refractivity contribution is 5.38. The standard InChI is InChI=1S/C14H24FN3O/c1-6-9-16-12-11(15)10(4)17-13(18-12)14(5,7-2)19-8-3/h6-9H2,1-5H3,(H,16,17,18). The van der Waals surface area contributed by atoms with Crippen molar-refractivity contribution in [3.63, 3.8) is 0 Å². The summed E-state index contributed by atoms with van der Waals surface area (Å²) in [5, 5.41) is 3.00. The number of aromatic nitrogens is 2. The molecule has 1 N–H and O–H groups in total. The van der Waals surface area contributed by atoms with Crippen LogP contribution in [-0.4, -0.2) is 23.1 Å². The monoisotopic (exact) mass is 269 g/mol. The van der Waals surface area contributed by atoms with E-state index in [9.17, 15) is 4.39 Å². The lowest BCUT2D eigenvalue weighted by atomic mass is 10.0. The van der Waals surface area contributed by atoms with Crippen LogP contribution in [0.15, 0.2) is 0 Å². The molecule has 0 aliphatic carbocycles. The van der Waals surface area contributed by atoms with Crippen molar-refractivity contribution in [2.45, 2.75) is 53.1 Å². The molecule has 0 aromatic carbocycles. The zero-order chi connectivity index (χ0) is 14.5. The van der Waals surface area contributed by atoms with Crippen molar-refractivity contribution in [1.29, 1.82) is 0 Å². The van der Waals surface area contributed by atoms with Crippen molar-refractivity contribution in [1.82, 2.24) is 9.97 Å². The highest BCUT2D eigenvalue weighted by Crippen LogP contribution is 2.28. The van der Waals surface area contributed by atoms with Crippen LogP contribution < -0.4 is 5.32 Å². The molecule has 0 aliphatic heterocycles. The number of nitrogens with one attached hydrogen (secondary N) is 1. The molecule has 108 valence electrons. The lowest BCUT2D eigenvalue weighted by Gasteiger charge is -2.27. The van der Waals surface area contributed by atoms with Gasteiger partial charge in [-0.1, -0.05) is 13.8 Å². The van der Waals surface area contributed by atoms with Crippen LogP contribution >= 0.6 is 0 Å². The van der Waals surface area contributed by atoms with Gasteiger partial charge in [-0.25, -0.2) is 14.4 Å². The van der Waals surface area contributed by atoms with Gasteiger partial charge < -0.3 is 10.1 Å². The number of hydrogen-bond donors (Lipinski definition) is 1. The second kappa shape index (κ2) is 6.80. The third-order valence-corrected chi connectivity index (χ3v) is 3.17. The van der Waals surface area contributed by atoms with Crippen LogP contribution in [0.5, 0.6) is 0 Å².